The van der Waals surface area contributed by atoms with Crippen molar-refractivity contribution in [1.82, 2.24) is 9.97 Å². The van der Waals surface area contributed by atoms with Crippen LogP contribution in [0.25, 0.3) is 10.9 Å². The highest BCUT2D eigenvalue weighted by Crippen LogP contribution is 2.29. The number of benzene rings is 1. The second-order valence-corrected chi connectivity index (χ2v) is 5.47. The number of ether oxygens (including phenoxy) is 1. The lowest BCUT2D eigenvalue weighted by Crippen LogP contribution is -2.15. The van der Waals surface area contributed by atoms with E-state index >= 15 is 0 Å². The number of hydrogen-bond donors (Lipinski definition) is 1. The summed E-state index contributed by atoms with van der Waals surface area (Å²) in [5, 5.41) is 1.24. The zero-order valence-electron chi connectivity index (χ0n) is 12.5. The topological polar surface area (TPSA) is 50.3 Å². The molecule has 1 aromatic carbocycles. The van der Waals surface area contributed by atoms with Crippen LogP contribution in [0.15, 0.2) is 47.6 Å². The number of H-pyrrole nitrogens is 1. The summed E-state index contributed by atoms with van der Waals surface area (Å²) < 4.78 is 5.35. The molecule has 4 heteroatoms. The summed E-state index contributed by atoms with van der Waals surface area (Å²) in [7, 11) is 1.70. The molecule has 0 spiro atoms. The van der Waals surface area contributed by atoms with E-state index in [1.807, 2.05) is 30.5 Å². The van der Waals surface area contributed by atoms with Crippen LogP contribution in [0, 0.1) is 0 Å². The molecule has 0 amide bonds. The minimum Gasteiger partial charge on any atom is -0.497 e. The van der Waals surface area contributed by atoms with E-state index in [1.165, 1.54) is 10.9 Å². The van der Waals surface area contributed by atoms with E-state index < -0.39 is 0 Å². The summed E-state index contributed by atoms with van der Waals surface area (Å²) in [6.45, 7) is 0.833. The van der Waals surface area contributed by atoms with Crippen molar-refractivity contribution in [1.29, 1.82) is 0 Å². The van der Waals surface area contributed by atoms with Gasteiger partial charge in [0.05, 0.1) is 18.5 Å². The molecule has 0 atom stereocenters. The first-order valence-electron chi connectivity index (χ1n) is 7.47. The van der Waals surface area contributed by atoms with E-state index in [4.69, 9.17) is 9.73 Å². The number of methoxy groups -OCH3 is 1. The fraction of sp³-hybridized carbons (Fsp3) is 0.222. The lowest BCUT2D eigenvalue weighted by atomic mass is 9.99. The molecule has 1 aliphatic rings. The first-order chi connectivity index (χ1) is 10.8. The highest BCUT2D eigenvalue weighted by Gasteiger charge is 2.20. The second-order valence-electron chi connectivity index (χ2n) is 5.47. The van der Waals surface area contributed by atoms with E-state index in [2.05, 4.69) is 22.1 Å². The molecule has 2 aromatic heterocycles. The van der Waals surface area contributed by atoms with Gasteiger partial charge >= 0.3 is 0 Å². The molecule has 0 radical (unpaired) electrons. The fourth-order valence-electron chi connectivity index (χ4n) is 3.06. The number of nitrogens with zero attached hydrogens (tertiary/aromatic N) is 2. The SMILES string of the molecule is COc1ccc2[nH]c3c(c2c1)CCN=C3Cc1ccccn1. The first-order valence-corrected chi connectivity index (χ1v) is 7.47. The normalized spacial score (nSPS) is 13.8. The largest absolute Gasteiger partial charge is 0.497 e. The number of hydrogen-bond acceptors (Lipinski definition) is 3. The van der Waals surface area contributed by atoms with Crippen LogP contribution in [0.3, 0.4) is 0 Å². The minimum absolute atomic E-state index is 0.762. The highest BCUT2D eigenvalue weighted by atomic mass is 16.5. The molecule has 4 nitrogen and oxygen atoms in total. The van der Waals surface area contributed by atoms with Crippen molar-refractivity contribution in [3.05, 3.63) is 59.5 Å². The Labute approximate surface area is 128 Å². The predicted octanol–water partition coefficient (Wildman–Crippen LogP) is 3.16. The molecule has 0 saturated heterocycles. The second kappa shape index (κ2) is 5.30. The van der Waals surface area contributed by atoms with Gasteiger partial charge in [0.25, 0.3) is 0 Å². The standard InChI is InChI=1S/C18H17N3O/c1-22-13-5-6-16-15(11-13)14-7-9-20-17(18(14)21-16)10-12-4-2-3-8-19-12/h2-6,8,11,21H,7,9-10H2,1H3. The minimum atomic E-state index is 0.762. The monoisotopic (exact) mass is 291 g/mol. The molecule has 1 N–H and O–H groups in total. The number of fused-ring (bicyclic) bond motifs is 3. The number of nitrogens with one attached hydrogen (secondary N) is 1. The summed E-state index contributed by atoms with van der Waals surface area (Å²) in [4.78, 5) is 12.7. The van der Waals surface area contributed by atoms with Gasteiger partial charge in [-0.25, -0.2) is 0 Å². The van der Waals surface area contributed by atoms with Crippen molar-refractivity contribution >= 4 is 16.6 Å². The molecule has 110 valence electrons. The van der Waals surface area contributed by atoms with Gasteiger partial charge in [-0.1, -0.05) is 6.07 Å². The van der Waals surface area contributed by atoms with Gasteiger partial charge < -0.3 is 9.72 Å². The zero-order chi connectivity index (χ0) is 14.9. The molecule has 3 heterocycles. The Morgan fingerprint density at radius 1 is 1.23 bits per heavy atom. The maximum Gasteiger partial charge on any atom is 0.119 e. The highest BCUT2D eigenvalue weighted by molar-refractivity contribution is 6.07. The fourth-order valence-corrected chi connectivity index (χ4v) is 3.06. The molecule has 3 aromatic rings. The van der Waals surface area contributed by atoms with Gasteiger partial charge in [-0.2, -0.15) is 0 Å². The number of pyridine rings is 1. The molecule has 4 rings (SSSR count). The Morgan fingerprint density at radius 2 is 2.18 bits per heavy atom. The average molecular weight is 291 g/mol. The summed E-state index contributed by atoms with van der Waals surface area (Å²) in [6, 6.07) is 12.2. The van der Waals surface area contributed by atoms with Crippen LogP contribution in [-0.4, -0.2) is 29.3 Å². The lowest BCUT2D eigenvalue weighted by molar-refractivity contribution is 0.415. The zero-order valence-corrected chi connectivity index (χ0v) is 12.5. The van der Waals surface area contributed by atoms with Crippen LogP contribution in [0.1, 0.15) is 17.0 Å². The third-order valence-corrected chi connectivity index (χ3v) is 4.14. The van der Waals surface area contributed by atoms with Gasteiger partial charge in [0.1, 0.15) is 5.75 Å². The Morgan fingerprint density at radius 3 is 3.00 bits per heavy atom. The van der Waals surface area contributed by atoms with Crippen LogP contribution in [0.4, 0.5) is 0 Å². The van der Waals surface area contributed by atoms with Gasteiger partial charge in [0.15, 0.2) is 0 Å². The third-order valence-electron chi connectivity index (χ3n) is 4.14. The van der Waals surface area contributed by atoms with Gasteiger partial charge in [-0.15, -0.1) is 0 Å². The average Bonchev–Trinajstić information content (AvgIpc) is 2.95. The van der Waals surface area contributed by atoms with E-state index in [0.717, 1.165) is 47.8 Å². The Bertz CT molecular complexity index is 849. The Kier molecular flexibility index (Phi) is 3.15. The van der Waals surface area contributed by atoms with Crippen molar-refractivity contribution in [2.24, 2.45) is 4.99 Å². The quantitative estimate of drug-likeness (QED) is 0.806. The Hall–Kier alpha value is -2.62. The van der Waals surface area contributed by atoms with Crippen LogP contribution in [0.5, 0.6) is 5.75 Å². The summed E-state index contributed by atoms with van der Waals surface area (Å²) in [6.07, 6.45) is 3.56. The predicted molar refractivity (Wildman–Crippen MR) is 87.9 cm³/mol. The smallest absolute Gasteiger partial charge is 0.119 e. The molecular formula is C18H17N3O. The summed E-state index contributed by atoms with van der Waals surface area (Å²) in [5.74, 6) is 0.892. The van der Waals surface area contributed by atoms with Crippen molar-refractivity contribution in [3.63, 3.8) is 0 Å². The molecule has 0 unspecified atom stereocenters. The lowest BCUT2D eigenvalue weighted by Gasteiger charge is -2.13. The number of aliphatic imine (C=N–C) groups is 1. The van der Waals surface area contributed by atoms with E-state index in [0.29, 0.717) is 0 Å². The Balaban J connectivity index is 1.78. The molecular weight excluding hydrogens is 274 g/mol. The summed E-state index contributed by atoms with van der Waals surface area (Å²) in [5.41, 5.74) is 5.77. The third kappa shape index (κ3) is 2.17. The van der Waals surface area contributed by atoms with Crippen molar-refractivity contribution < 1.29 is 4.74 Å². The molecule has 0 fully saturated rings. The molecule has 0 aliphatic carbocycles. The van der Waals surface area contributed by atoms with E-state index in [9.17, 15) is 0 Å². The van der Waals surface area contributed by atoms with Crippen LogP contribution < -0.4 is 4.74 Å². The van der Waals surface area contributed by atoms with Crippen LogP contribution >= 0.6 is 0 Å². The molecule has 0 bridgehead atoms. The summed E-state index contributed by atoms with van der Waals surface area (Å²) >= 11 is 0. The van der Waals surface area contributed by atoms with Crippen LogP contribution in [-0.2, 0) is 12.8 Å². The maximum absolute atomic E-state index is 5.35. The number of rotatable bonds is 3. The van der Waals surface area contributed by atoms with E-state index in [-0.39, 0.29) is 0 Å². The van der Waals surface area contributed by atoms with Gasteiger partial charge in [-0.05, 0) is 42.3 Å². The number of aromatic amines is 1. The molecule has 0 saturated carbocycles. The van der Waals surface area contributed by atoms with Crippen molar-refractivity contribution in [2.45, 2.75) is 12.8 Å². The molecule has 22 heavy (non-hydrogen) atoms. The number of aromatic nitrogens is 2. The van der Waals surface area contributed by atoms with Gasteiger partial charge in [0.2, 0.25) is 0 Å². The van der Waals surface area contributed by atoms with Crippen molar-refractivity contribution in [2.75, 3.05) is 13.7 Å². The van der Waals surface area contributed by atoms with Gasteiger partial charge in [0, 0.05) is 35.8 Å². The van der Waals surface area contributed by atoms with Gasteiger partial charge in [-0.3, -0.25) is 9.98 Å². The molecule has 1 aliphatic heterocycles. The van der Waals surface area contributed by atoms with Crippen molar-refractivity contribution in [3.8, 4) is 5.75 Å². The van der Waals surface area contributed by atoms with E-state index in [1.54, 1.807) is 7.11 Å². The van der Waals surface area contributed by atoms with Crippen LogP contribution in [0.2, 0.25) is 0 Å². The maximum atomic E-state index is 5.35. The first kappa shape index (κ1) is 13.1.